The lowest BCUT2D eigenvalue weighted by Gasteiger charge is -2.31. The molecule has 2 rings (SSSR count). The van der Waals surface area contributed by atoms with E-state index in [1.807, 2.05) is 0 Å². The first kappa shape index (κ1) is 13.8. The average Bonchev–Trinajstić information content (AvgIpc) is 2.45. The first-order valence-corrected chi connectivity index (χ1v) is 8.13. The molecule has 1 N–H and O–H groups in total. The molecular formula is C15H24N2S. The van der Waals surface area contributed by atoms with Gasteiger partial charge in [-0.2, -0.15) is 11.8 Å². The van der Waals surface area contributed by atoms with Crippen LogP contribution in [-0.4, -0.2) is 31.1 Å². The zero-order valence-corrected chi connectivity index (χ0v) is 12.3. The fourth-order valence-corrected chi connectivity index (χ4v) is 3.32. The Balaban J connectivity index is 2.13. The Labute approximate surface area is 115 Å². The summed E-state index contributed by atoms with van der Waals surface area (Å²) in [6, 6.07) is 9.30. The van der Waals surface area contributed by atoms with Gasteiger partial charge in [-0.1, -0.05) is 25.1 Å². The molecule has 1 unspecified atom stereocenters. The van der Waals surface area contributed by atoms with Gasteiger partial charge >= 0.3 is 0 Å². The van der Waals surface area contributed by atoms with Crippen LogP contribution in [0.5, 0.6) is 0 Å². The molecule has 1 aromatic carbocycles. The number of rotatable bonds is 5. The van der Waals surface area contributed by atoms with Crippen LogP contribution in [0.4, 0.5) is 5.69 Å². The molecule has 0 aromatic heterocycles. The molecule has 100 valence electrons. The maximum Gasteiger partial charge on any atom is 0.0415 e. The van der Waals surface area contributed by atoms with Crippen molar-refractivity contribution >= 4 is 17.4 Å². The van der Waals surface area contributed by atoms with Gasteiger partial charge in [0.05, 0.1) is 0 Å². The van der Waals surface area contributed by atoms with E-state index in [2.05, 4.69) is 60.1 Å². The third-order valence-corrected chi connectivity index (χ3v) is 4.40. The molecule has 1 atom stereocenters. The lowest BCUT2D eigenvalue weighted by molar-refractivity contribution is 0.569. The molecule has 2 nitrogen and oxygen atoms in total. The number of benzene rings is 1. The van der Waals surface area contributed by atoms with Crippen LogP contribution < -0.4 is 10.2 Å². The molecule has 18 heavy (non-hydrogen) atoms. The highest BCUT2D eigenvalue weighted by Crippen LogP contribution is 2.28. The molecule has 1 aliphatic heterocycles. The summed E-state index contributed by atoms with van der Waals surface area (Å²) < 4.78 is 0. The molecule has 0 saturated carbocycles. The number of nitrogens with one attached hydrogen (secondary N) is 1. The van der Waals surface area contributed by atoms with E-state index in [-0.39, 0.29) is 0 Å². The molecule has 0 spiro atoms. The van der Waals surface area contributed by atoms with Gasteiger partial charge in [0.25, 0.3) is 0 Å². The van der Waals surface area contributed by atoms with Gasteiger partial charge in [-0.05, 0) is 31.5 Å². The Morgan fingerprint density at radius 1 is 1.28 bits per heavy atom. The van der Waals surface area contributed by atoms with Gasteiger partial charge in [0, 0.05) is 36.3 Å². The molecule has 3 heteroatoms. The van der Waals surface area contributed by atoms with Gasteiger partial charge in [-0.3, -0.25) is 0 Å². The molecule has 1 heterocycles. The average molecular weight is 264 g/mol. The van der Waals surface area contributed by atoms with E-state index in [0.29, 0.717) is 6.04 Å². The van der Waals surface area contributed by atoms with Crippen LogP contribution in [-0.2, 0) is 0 Å². The molecule has 0 radical (unpaired) electrons. The predicted octanol–water partition coefficient (Wildman–Crippen LogP) is 3.30. The summed E-state index contributed by atoms with van der Waals surface area (Å²) in [5.41, 5.74) is 2.87. The quantitative estimate of drug-likeness (QED) is 0.878. The minimum Gasteiger partial charge on any atom is -0.370 e. The van der Waals surface area contributed by atoms with E-state index < -0.39 is 0 Å². The fraction of sp³-hybridized carbons (Fsp3) is 0.600. The van der Waals surface area contributed by atoms with Gasteiger partial charge in [0.1, 0.15) is 0 Å². The molecular weight excluding hydrogens is 240 g/mol. The number of hydrogen-bond acceptors (Lipinski definition) is 3. The summed E-state index contributed by atoms with van der Waals surface area (Å²) in [5.74, 6) is 2.51. The summed E-state index contributed by atoms with van der Waals surface area (Å²) >= 11 is 2.06. The molecule has 0 aliphatic carbocycles. The summed E-state index contributed by atoms with van der Waals surface area (Å²) in [5, 5.41) is 3.60. The second-order valence-corrected chi connectivity index (χ2v) is 6.06. The van der Waals surface area contributed by atoms with Gasteiger partial charge in [0.15, 0.2) is 0 Å². The Hall–Kier alpha value is -0.670. The molecule has 1 saturated heterocycles. The maximum absolute atomic E-state index is 3.60. The van der Waals surface area contributed by atoms with E-state index in [4.69, 9.17) is 0 Å². The predicted molar refractivity (Wildman–Crippen MR) is 82.7 cm³/mol. The second kappa shape index (κ2) is 7.05. The summed E-state index contributed by atoms with van der Waals surface area (Å²) in [7, 11) is 0. The van der Waals surface area contributed by atoms with Crippen LogP contribution in [0.3, 0.4) is 0 Å². The van der Waals surface area contributed by atoms with Crippen LogP contribution in [0.2, 0.25) is 0 Å². The van der Waals surface area contributed by atoms with Crippen molar-refractivity contribution in [3.8, 4) is 0 Å². The largest absolute Gasteiger partial charge is 0.370 e. The Bertz CT molecular complexity index is 361. The van der Waals surface area contributed by atoms with Gasteiger partial charge in [-0.15, -0.1) is 0 Å². The van der Waals surface area contributed by atoms with Gasteiger partial charge in [-0.25, -0.2) is 0 Å². The van der Waals surface area contributed by atoms with Crippen molar-refractivity contribution in [1.82, 2.24) is 5.32 Å². The van der Waals surface area contributed by atoms with Crippen LogP contribution in [0.15, 0.2) is 24.3 Å². The molecule has 1 aliphatic rings. The van der Waals surface area contributed by atoms with Crippen molar-refractivity contribution in [2.45, 2.75) is 26.3 Å². The van der Waals surface area contributed by atoms with Crippen molar-refractivity contribution < 1.29 is 0 Å². The van der Waals surface area contributed by atoms with Crippen LogP contribution in [0, 0.1) is 0 Å². The van der Waals surface area contributed by atoms with Crippen molar-refractivity contribution in [2.75, 3.05) is 36.0 Å². The number of thioether (sulfide) groups is 1. The highest BCUT2D eigenvalue weighted by Gasteiger charge is 2.16. The van der Waals surface area contributed by atoms with Crippen molar-refractivity contribution in [3.05, 3.63) is 29.8 Å². The monoisotopic (exact) mass is 264 g/mol. The standard InChI is InChI=1S/C15H24N2S/c1-3-8-16-13(2)14-6-4-5-7-15(14)17-9-11-18-12-10-17/h4-7,13,16H,3,8-12H2,1-2H3. The van der Waals surface area contributed by atoms with Crippen LogP contribution in [0.25, 0.3) is 0 Å². The lowest BCUT2D eigenvalue weighted by atomic mass is 10.0. The Kier molecular flexibility index (Phi) is 5.39. The SMILES string of the molecule is CCCNC(C)c1ccccc1N1CCSCC1. The zero-order chi connectivity index (χ0) is 12.8. The van der Waals surface area contributed by atoms with E-state index >= 15 is 0 Å². The van der Waals surface area contributed by atoms with Gasteiger partial charge in [0.2, 0.25) is 0 Å². The van der Waals surface area contributed by atoms with E-state index in [0.717, 1.165) is 6.54 Å². The van der Waals surface area contributed by atoms with Crippen LogP contribution in [0.1, 0.15) is 31.9 Å². The first-order chi connectivity index (χ1) is 8.83. The van der Waals surface area contributed by atoms with Crippen molar-refractivity contribution in [2.24, 2.45) is 0 Å². The number of anilines is 1. The number of hydrogen-bond donors (Lipinski definition) is 1. The minimum atomic E-state index is 0.440. The highest BCUT2D eigenvalue weighted by molar-refractivity contribution is 7.99. The highest BCUT2D eigenvalue weighted by atomic mass is 32.2. The third kappa shape index (κ3) is 3.42. The summed E-state index contributed by atoms with van der Waals surface area (Å²) in [6.07, 6.45) is 1.19. The fourth-order valence-electron chi connectivity index (χ4n) is 2.42. The molecule has 1 fully saturated rings. The molecule has 1 aromatic rings. The normalized spacial score (nSPS) is 17.8. The molecule has 0 bridgehead atoms. The Morgan fingerprint density at radius 3 is 2.72 bits per heavy atom. The van der Waals surface area contributed by atoms with Crippen molar-refractivity contribution in [3.63, 3.8) is 0 Å². The zero-order valence-electron chi connectivity index (χ0n) is 11.5. The first-order valence-electron chi connectivity index (χ1n) is 6.98. The topological polar surface area (TPSA) is 15.3 Å². The van der Waals surface area contributed by atoms with Crippen molar-refractivity contribution in [1.29, 1.82) is 0 Å². The maximum atomic E-state index is 3.60. The van der Waals surface area contributed by atoms with Gasteiger partial charge < -0.3 is 10.2 Å². The van der Waals surface area contributed by atoms with E-state index in [9.17, 15) is 0 Å². The van der Waals surface area contributed by atoms with E-state index in [1.54, 1.807) is 0 Å². The Morgan fingerprint density at radius 2 is 2.00 bits per heavy atom. The lowest BCUT2D eigenvalue weighted by Crippen LogP contribution is -2.34. The third-order valence-electron chi connectivity index (χ3n) is 3.46. The van der Waals surface area contributed by atoms with E-state index in [1.165, 1.54) is 42.3 Å². The smallest absolute Gasteiger partial charge is 0.0415 e. The minimum absolute atomic E-state index is 0.440. The number of para-hydroxylation sites is 1. The van der Waals surface area contributed by atoms with Crippen LogP contribution >= 0.6 is 11.8 Å². The molecule has 0 amide bonds. The summed E-state index contributed by atoms with van der Waals surface area (Å²) in [6.45, 7) is 7.94. The summed E-state index contributed by atoms with van der Waals surface area (Å²) in [4.78, 5) is 2.54. The number of nitrogens with zero attached hydrogens (tertiary/aromatic N) is 1. The second-order valence-electron chi connectivity index (χ2n) is 4.83.